The highest BCUT2D eigenvalue weighted by molar-refractivity contribution is 7.14. The summed E-state index contributed by atoms with van der Waals surface area (Å²) >= 11 is 1.58. The predicted octanol–water partition coefficient (Wildman–Crippen LogP) is 2.38. The average Bonchev–Trinajstić information content (AvgIpc) is 3.16. The summed E-state index contributed by atoms with van der Waals surface area (Å²) in [6.07, 6.45) is 4.47. The van der Waals surface area contributed by atoms with Gasteiger partial charge in [-0.1, -0.05) is 23.5 Å². The van der Waals surface area contributed by atoms with Crippen LogP contribution in [0.2, 0.25) is 0 Å². The number of aryl methyl sites for hydroxylation is 1. The third-order valence-electron chi connectivity index (χ3n) is 3.31. The van der Waals surface area contributed by atoms with Crippen molar-refractivity contribution in [3.63, 3.8) is 0 Å². The summed E-state index contributed by atoms with van der Waals surface area (Å²) in [5, 5.41) is 12.9. The topological polar surface area (TPSA) is 72.7 Å². The smallest absolute Gasteiger partial charge is 0.216 e. The van der Waals surface area contributed by atoms with Gasteiger partial charge >= 0.3 is 0 Å². The third kappa shape index (κ3) is 3.81. The summed E-state index contributed by atoms with van der Waals surface area (Å²) in [4.78, 5) is 15.3. The van der Waals surface area contributed by atoms with E-state index in [1.54, 1.807) is 17.7 Å². The Morgan fingerprint density at radius 1 is 1.35 bits per heavy atom. The van der Waals surface area contributed by atoms with E-state index < -0.39 is 0 Å². The molecule has 1 amide bonds. The van der Waals surface area contributed by atoms with Crippen molar-refractivity contribution >= 4 is 17.2 Å². The third-order valence-corrected chi connectivity index (χ3v) is 4.20. The molecule has 2 heterocycles. The van der Waals surface area contributed by atoms with Crippen molar-refractivity contribution in [3.05, 3.63) is 47.5 Å². The number of carbonyl (C=O) groups is 1. The first-order valence-corrected chi connectivity index (χ1v) is 8.12. The van der Waals surface area contributed by atoms with E-state index in [1.165, 1.54) is 6.92 Å². The van der Waals surface area contributed by atoms with Crippen LogP contribution in [-0.4, -0.2) is 32.2 Å². The first-order chi connectivity index (χ1) is 11.1. The molecule has 0 spiro atoms. The Bertz CT molecular complexity index is 823. The first kappa shape index (κ1) is 15.4. The molecule has 0 radical (unpaired) electrons. The summed E-state index contributed by atoms with van der Waals surface area (Å²) in [5.74, 6) is -0.0236. The fraction of sp³-hybridized carbons (Fsp3) is 0.250. The van der Waals surface area contributed by atoms with Crippen LogP contribution < -0.4 is 5.32 Å². The molecule has 6 nitrogen and oxygen atoms in total. The Labute approximate surface area is 138 Å². The predicted molar refractivity (Wildman–Crippen MR) is 89.6 cm³/mol. The summed E-state index contributed by atoms with van der Waals surface area (Å²) < 4.78 is 1.97. The minimum absolute atomic E-state index is 0.0236. The average molecular weight is 327 g/mol. The zero-order valence-electron chi connectivity index (χ0n) is 13.0. The number of hydrogen-bond acceptors (Lipinski definition) is 5. The van der Waals surface area contributed by atoms with Crippen LogP contribution in [0, 0.1) is 6.92 Å². The van der Waals surface area contributed by atoms with Gasteiger partial charge in [0.1, 0.15) is 10.0 Å². The van der Waals surface area contributed by atoms with E-state index in [-0.39, 0.29) is 5.91 Å². The van der Waals surface area contributed by atoms with Gasteiger partial charge in [-0.05, 0) is 19.1 Å². The van der Waals surface area contributed by atoms with Crippen LogP contribution in [0.3, 0.4) is 0 Å². The number of benzene rings is 1. The second-order valence-electron chi connectivity index (χ2n) is 5.18. The van der Waals surface area contributed by atoms with E-state index >= 15 is 0 Å². The molecule has 0 bridgehead atoms. The van der Waals surface area contributed by atoms with Gasteiger partial charge in [0.25, 0.3) is 0 Å². The molecule has 0 aliphatic rings. The van der Waals surface area contributed by atoms with Gasteiger partial charge in [0.05, 0.1) is 12.0 Å². The molecule has 1 N–H and O–H groups in total. The number of nitrogens with one attached hydrogen (secondary N) is 1. The van der Waals surface area contributed by atoms with E-state index in [2.05, 4.69) is 26.6 Å². The molecule has 3 aromatic rings. The van der Waals surface area contributed by atoms with Crippen molar-refractivity contribution in [1.29, 1.82) is 0 Å². The molecular formula is C16H17N5OS. The minimum atomic E-state index is -0.0236. The van der Waals surface area contributed by atoms with Crippen molar-refractivity contribution in [2.45, 2.75) is 20.3 Å². The van der Waals surface area contributed by atoms with Crippen LogP contribution in [-0.2, 0) is 11.2 Å². The molecule has 0 saturated carbocycles. The Kier molecular flexibility index (Phi) is 4.47. The Hall–Kier alpha value is -2.54. The second kappa shape index (κ2) is 6.70. The van der Waals surface area contributed by atoms with E-state index in [0.717, 1.165) is 27.0 Å². The van der Waals surface area contributed by atoms with Gasteiger partial charge in [0, 0.05) is 37.3 Å². The molecule has 0 unspecified atom stereocenters. The largest absolute Gasteiger partial charge is 0.356 e. The van der Waals surface area contributed by atoms with Crippen molar-refractivity contribution < 1.29 is 4.79 Å². The molecule has 3 rings (SSSR count). The molecule has 1 aromatic carbocycles. The maximum absolute atomic E-state index is 10.9. The lowest BCUT2D eigenvalue weighted by Crippen LogP contribution is -2.22. The van der Waals surface area contributed by atoms with Gasteiger partial charge in [-0.3, -0.25) is 4.79 Å². The lowest BCUT2D eigenvalue weighted by Gasteiger charge is -2.03. The molecule has 0 atom stereocenters. The quantitative estimate of drug-likeness (QED) is 0.781. The van der Waals surface area contributed by atoms with Gasteiger partial charge in [0.15, 0.2) is 0 Å². The molecular weight excluding hydrogens is 310 g/mol. The van der Waals surface area contributed by atoms with Crippen molar-refractivity contribution in [2.75, 3.05) is 6.54 Å². The van der Waals surface area contributed by atoms with Crippen LogP contribution in [0.15, 0.2) is 36.8 Å². The molecule has 0 fully saturated rings. The fourth-order valence-electron chi connectivity index (χ4n) is 2.21. The maximum atomic E-state index is 10.9. The Morgan fingerprint density at radius 2 is 2.22 bits per heavy atom. The van der Waals surface area contributed by atoms with Gasteiger partial charge < -0.3 is 9.88 Å². The summed E-state index contributed by atoms with van der Waals surface area (Å²) in [7, 11) is 0. The molecule has 23 heavy (non-hydrogen) atoms. The summed E-state index contributed by atoms with van der Waals surface area (Å²) in [6, 6.07) is 8.12. The van der Waals surface area contributed by atoms with Gasteiger partial charge in [-0.25, -0.2) is 4.98 Å². The van der Waals surface area contributed by atoms with Crippen molar-refractivity contribution in [3.8, 4) is 16.3 Å². The summed E-state index contributed by atoms with van der Waals surface area (Å²) in [6.45, 7) is 4.05. The number of aromatic nitrogens is 4. The standard InChI is InChI=1S/C16H17N5OS/c1-11(22)17-7-6-14-9-21(10-18-14)15-5-3-4-13(8-15)16-20-19-12(2)23-16/h3-5,8-10H,6-7H2,1-2H3,(H,17,22). The number of nitrogens with zero attached hydrogens (tertiary/aromatic N) is 4. The van der Waals surface area contributed by atoms with Gasteiger partial charge in [0.2, 0.25) is 5.91 Å². The van der Waals surface area contributed by atoms with Crippen LogP contribution in [0.5, 0.6) is 0 Å². The van der Waals surface area contributed by atoms with Crippen LogP contribution in [0.1, 0.15) is 17.6 Å². The number of rotatable bonds is 5. The van der Waals surface area contributed by atoms with E-state index in [1.807, 2.05) is 35.9 Å². The lowest BCUT2D eigenvalue weighted by molar-refractivity contribution is -0.118. The normalized spacial score (nSPS) is 10.7. The van der Waals surface area contributed by atoms with Gasteiger partial charge in [-0.2, -0.15) is 0 Å². The molecule has 0 aliphatic heterocycles. The van der Waals surface area contributed by atoms with Crippen molar-refractivity contribution in [2.24, 2.45) is 0 Å². The monoisotopic (exact) mass is 327 g/mol. The molecule has 0 aliphatic carbocycles. The zero-order chi connectivity index (χ0) is 16.2. The maximum Gasteiger partial charge on any atom is 0.216 e. The molecule has 7 heteroatoms. The number of carbonyl (C=O) groups excluding carboxylic acids is 1. The van der Waals surface area contributed by atoms with Crippen LogP contribution in [0.4, 0.5) is 0 Å². The van der Waals surface area contributed by atoms with Crippen LogP contribution in [0.25, 0.3) is 16.3 Å². The van der Waals surface area contributed by atoms with Gasteiger partial charge in [-0.15, -0.1) is 10.2 Å². The molecule has 0 saturated heterocycles. The minimum Gasteiger partial charge on any atom is -0.356 e. The Balaban J connectivity index is 1.77. The molecule has 2 aromatic heterocycles. The van der Waals surface area contributed by atoms with E-state index in [4.69, 9.17) is 0 Å². The van der Waals surface area contributed by atoms with Crippen LogP contribution >= 0.6 is 11.3 Å². The Morgan fingerprint density at radius 3 is 2.96 bits per heavy atom. The fourth-order valence-corrected chi connectivity index (χ4v) is 2.90. The number of amides is 1. The molecule has 118 valence electrons. The second-order valence-corrected chi connectivity index (χ2v) is 6.36. The lowest BCUT2D eigenvalue weighted by atomic mass is 10.2. The SMILES string of the molecule is CC(=O)NCCc1cn(-c2cccc(-c3nnc(C)s3)c2)cn1. The zero-order valence-corrected chi connectivity index (χ0v) is 13.8. The van der Waals surface area contributed by atoms with Crippen molar-refractivity contribution in [1.82, 2.24) is 25.1 Å². The number of hydrogen-bond donors (Lipinski definition) is 1. The summed E-state index contributed by atoms with van der Waals surface area (Å²) in [5.41, 5.74) is 3.01. The van der Waals surface area contributed by atoms with E-state index in [0.29, 0.717) is 13.0 Å². The van der Waals surface area contributed by atoms with E-state index in [9.17, 15) is 4.79 Å². The highest BCUT2D eigenvalue weighted by Crippen LogP contribution is 2.25. The first-order valence-electron chi connectivity index (χ1n) is 7.30. The number of imidazole rings is 1. The highest BCUT2D eigenvalue weighted by atomic mass is 32.1. The highest BCUT2D eigenvalue weighted by Gasteiger charge is 2.07.